The molecule has 23 heavy (non-hydrogen) atoms. The topological polar surface area (TPSA) is 60.0 Å². The Morgan fingerprint density at radius 1 is 1.17 bits per heavy atom. The van der Waals surface area contributed by atoms with E-state index in [0.29, 0.717) is 5.75 Å². The van der Waals surface area contributed by atoms with E-state index in [9.17, 15) is 5.11 Å². The van der Waals surface area contributed by atoms with Crippen molar-refractivity contribution in [3.05, 3.63) is 12.1 Å². The fraction of sp³-hybridized carbons (Fsp3) is 0.647. The van der Waals surface area contributed by atoms with Gasteiger partial charge in [0.1, 0.15) is 17.2 Å². The van der Waals surface area contributed by atoms with Crippen molar-refractivity contribution in [2.45, 2.75) is 44.1 Å². The van der Waals surface area contributed by atoms with Crippen molar-refractivity contribution in [1.82, 2.24) is 5.32 Å². The number of hydrogen-bond donors (Lipinski definition) is 2. The van der Waals surface area contributed by atoms with E-state index in [1.54, 1.807) is 21.3 Å². The number of rotatable bonds is 7. The third-order valence-corrected chi connectivity index (χ3v) is 7.96. The van der Waals surface area contributed by atoms with Gasteiger partial charge < -0.3 is 24.6 Å². The molecule has 6 heteroatoms. The summed E-state index contributed by atoms with van der Waals surface area (Å²) in [5, 5.41) is 15.1. The number of benzene rings is 1. The summed E-state index contributed by atoms with van der Waals surface area (Å²) >= 11 is 0. The molecule has 2 rings (SSSR count). The Morgan fingerprint density at radius 2 is 1.78 bits per heavy atom. The van der Waals surface area contributed by atoms with Crippen LogP contribution in [0, 0.1) is 0 Å². The Hall–Kier alpha value is -1.24. The maximum absolute atomic E-state index is 10.6. The molecule has 130 valence electrons. The van der Waals surface area contributed by atoms with Gasteiger partial charge in [0.15, 0.2) is 0 Å². The van der Waals surface area contributed by atoms with Crippen molar-refractivity contribution in [3.8, 4) is 17.2 Å². The van der Waals surface area contributed by atoms with Crippen molar-refractivity contribution >= 4 is 13.3 Å². The van der Waals surface area contributed by atoms with E-state index >= 15 is 0 Å². The number of hydrogen-bond acceptors (Lipinski definition) is 5. The molecule has 1 saturated heterocycles. The zero-order valence-corrected chi connectivity index (χ0v) is 15.8. The number of aliphatic hydroxyl groups excluding tert-OH is 1. The summed E-state index contributed by atoms with van der Waals surface area (Å²) in [6.45, 7) is 5.49. The molecular formula is C17H29NO4Si. The first-order valence-electron chi connectivity index (χ1n) is 8.15. The molecule has 1 aliphatic heterocycles. The first-order chi connectivity index (χ1) is 10.9. The Balaban J connectivity index is 2.33. The molecule has 0 saturated carbocycles. The molecular weight excluding hydrogens is 310 g/mol. The van der Waals surface area contributed by atoms with Gasteiger partial charge in [0, 0.05) is 23.4 Å². The Bertz CT molecular complexity index is 504. The summed E-state index contributed by atoms with van der Waals surface area (Å²) in [5.41, 5.74) is 0. The van der Waals surface area contributed by atoms with Gasteiger partial charge in [-0.25, -0.2) is 0 Å². The molecule has 0 aliphatic carbocycles. The van der Waals surface area contributed by atoms with Gasteiger partial charge >= 0.3 is 0 Å². The highest BCUT2D eigenvalue weighted by molar-refractivity contribution is 6.91. The second kappa shape index (κ2) is 7.55. The van der Waals surface area contributed by atoms with Crippen LogP contribution >= 0.6 is 0 Å². The third-order valence-electron chi connectivity index (χ3n) is 4.67. The molecule has 2 N–H and O–H groups in total. The van der Waals surface area contributed by atoms with Crippen LogP contribution in [0.25, 0.3) is 0 Å². The average molecular weight is 340 g/mol. The van der Waals surface area contributed by atoms with Crippen LogP contribution in [-0.2, 0) is 0 Å². The molecule has 0 amide bonds. The molecule has 0 spiro atoms. The fourth-order valence-electron chi connectivity index (χ4n) is 3.48. The minimum Gasteiger partial charge on any atom is -0.497 e. The van der Waals surface area contributed by atoms with Gasteiger partial charge in [-0.2, -0.15) is 0 Å². The van der Waals surface area contributed by atoms with E-state index in [0.717, 1.165) is 42.1 Å². The molecule has 1 fully saturated rings. The molecule has 0 radical (unpaired) electrons. The van der Waals surface area contributed by atoms with E-state index in [1.807, 2.05) is 12.1 Å². The lowest BCUT2D eigenvalue weighted by Crippen LogP contribution is -2.49. The first-order valence-corrected chi connectivity index (χ1v) is 11.4. The van der Waals surface area contributed by atoms with Crippen molar-refractivity contribution in [2.24, 2.45) is 0 Å². The van der Waals surface area contributed by atoms with Crippen LogP contribution in [0.4, 0.5) is 0 Å². The summed E-state index contributed by atoms with van der Waals surface area (Å²) in [7, 11) is 2.99. The highest BCUT2D eigenvalue weighted by atomic mass is 28.3. The molecule has 1 unspecified atom stereocenters. The van der Waals surface area contributed by atoms with Crippen molar-refractivity contribution in [2.75, 3.05) is 27.9 Å². The number of ether oxygens (including phenoxy) is 3. The van der Waals surface area contributed by atoms with Gasteiger partial charge in [-0.05, 0) is 25.4 Å². The maximum atomic E-state index is 10.6. The van der Waals surface area contributed by atoms with Gasteiger partial charge in [-0.3, -0.25) is 0 Å². The van der Waals surface area contributed by atoms with E-state index < -0.39 is 8.07 Å². The van der Waals surface area contributed by atoms with E-state index in [-0.39, 0.29) is 12.1 Å². The normalized spacial score (nSPS) is 19.5. The number of methoxy groups -OCH3 is 3. The number of nitrogens with one attached hydrogen (secondary N) is 1. The maximum Gasteiger partial charge on any atom is 0.126 e. The molecule has 0 bridgehead atoms. The summed E-state index contributed by atoms with van der Waals surface area (Å²) < 4.78 is 16.5. The van der Waals surface area contributed by atoms with Gasteiger partial charge in [0.25, 0.3) is 0 Å². The van der Waals surface area contributed by atoms with Crippen molar-refractivity contribution < 1.29 is 19.3 Å². The average Bonchev–Trinajstić information content (AvgIpc) is 3.07. The van der Waals surface area contributed by atoms with Crippen LogP contribution in [0.3, 0.4) is 0 Å². The fourth-order valence-corrected chi connectivity index (χ4v) is 6.70. The van der Waals surface area contributed by atoms with Gasteiger partial charge in [0.2, 0.25) is 0 Å². The quantitative estimate of drug-likeness (QED) is 0.741. The van der Waals surface area contributed by atoms with Crippen molar-refractivity contribution in [3.63, 3.8) is 0 Å². The SMILES string of the molecule is COc1cc(OC)c([Si](C)(C)CC(O)[C@@H]2CCCN2)c(OC)c1. The predicted octanol–water partition coefficient (Wildman–Crippen LogP) is 1.74. The molecule has 1 aromatic carbocycles. The molecule has 5 nitrogen and oxygen atoms in total. The summed E-state index contributed by atoms with van der Waals surface area (Å²) in [6, 6.07) is 4.76. The zero-order valence-electron chi connectivity index (χ0n) is 14.8. The van der Waals surface area contributed by atoms with E-state index in [2.05, 4.69) is 18.4 Å². The minimum absolute atomic E-state index is 0.206. The standard InChI is InChI=1S/C17H29NO4Si/c1-20-12-9-15(21-2)17(16(10-12)22-3)23(4,5)11-14(19)13-7-6-8-18-13/h9-10,13-14,18-19H,6-8,11H2,1-5H3/t13-,14?/m0/s1. The largest absolute Gasteiger partial charge is 0.497 e. The lowest BCUT2D eigenvalue weighted by molar-refractivity contribution is 0.153. The second-order valence-electron chi connectivity index (χ2n) is 6.77. The summed E-state index contributed by atoms with van der Waals surface area (Å²) in [5.74, 6) is 2.28. The van der Waals surface area contributed by atoms with Crippen LogP contribution in [0.2, 0.25) is 19.1 Å². The minimum atomic E-state index is -1.97. The van der Waals surface area contributed by atoms with Crippen LogP contribution in [-0.4, -0.2) is 53.2 Å². The second-order valence-corrected chi connectivity index (χ2v) is 11.4. The molecule has 1 aromatic rings. The Morgan fingerprint density at radius 3 is 2.22 bits per heavy atom. The van der Waals surface area contributed by atoms with Crippen molar-refractivity contribution in [1.29, 1.82) is 0 Å². The smallest absolute Gasteiger partial charge is 0.126 e. The van der Waals surface area contributed by atoms with E-state index in [1.165, 1.54) is 0 Å². The summed E-state index contributed by atoms with van der Waals surface area (Å²) in [6.07, 6.45) is 1.84. The van der Waals surface area contributed by atoms with Gasteiger partial charge in [-0.1, -0.05) is 13.1 Å². The van der Waals surface area contributed by atoms with Crippen LogP contribution in [0.1, 0.15) is 12.8 Å². The van der Waals surface area contributed by atoms with E-state index in [4.69, 9.17) is 14.2 Å². The van der Waals surface area contributed by atoms with Gasteiger partial charge in [-0.15, -0.1) is 0 Å². The first kappa shape index (κ1) is 18.1. The molecule has 1 aliphatic rings. The monoisotopic (exact) mass is 339 g/mol. The Labute approximate surface area is 140 Å². The third kappa shape index (κ3) is 3.99. The van der Waals surface area contributed by atoms with Gasteiger partial charge in [0.05, 0.1) is 35.5 Å². The molecule has 1 heterocycles. The predicted molar refractivity (Wildman–Crippen MR) is 95.1 cm³/mol. The molecule has 2 atom stereocenters. The highest BCUT2D eigenvalue weighted by Crippen LogP contribution is 2.31. The lowest BCUT2D eigenvalue weighted by Gasteiger charge is -2.31. The Kier molecular flexibility index (Phi) is 5.94. The van der Waals surface area contributed by atoms with Crippen LogP contribution < -0.4 is 24.7 Å². The molecule has 0 aromatic heterocycles. The van der Waals surface area contributed by atoms with Crippen LogP contribution in [0.15, 0.2) is 12.1 Å². The highest BCUT2D eigenvalue weighted by Gasteiger charge is 2.36. The van der Waals surface area contributed by atoms with Crippen LogP contribution in [0.5, 0.6) is 17.2 Å². The zero-order chi connectivity index (χ0) is 17.0. The number of aliphatic hydroxyl groups is 1. The summed E-state index contributed by atoms with van der Waals surface area (Å²) in [4.78, 5) is 0. The lowest BCUT2D eigenvalue weighted by atomic mass is 10.1.